The first-order valence-corrected chi connectivity index (χ1v) is 7.90. The molecule has 1 saturated carbocycles. The Balaban J connectivity index is 1.70. The van der Waals surface area contributed by atoms with E-state index in [0.29, 0.717) is 5.65 Å². The van der Waals surface area contributed by atoms with E-state index in [1.54, 1.807) is 24.5 Å². The Labute approximate surface area is 141 Å². The van der Waals surface area contributed by atoms with E-state index >= 15 is 0 Å². The number of halogens is 3. The second-order valence-corrected chi connectivity index (χ2v) is 5.94. The summed E-state index contributed by atoms with van der Waals surface area (Å²) in [5.41, 5.74) is 2.28. The fourth-order valence-electron chi connectivity index (χ4n) is 2.65. The van der Waals surface area contributed by atoms with Gasteiger partial charge in [-0.25, -0.2) is 14.6 Å². The molecule has 9 heteroatoms. The molecule has 0 aromatic carbocycles. The Bertz CT molecular complexity index is 900. The molecular formula is C16H15F3N6. The van der Waals surface area contributed by atoms with Gasteiger partial charge in [0, 0.05) is 30.0 Å². The number of fused-ring (bicyclic) bond motifs is 1. The highest BCUT2D eigenvalue weighted by Gasteiger charge is 2.35. The van der Waals surface area contributed by atoms with Crippen LogP contribution < -0.4 is 10.7 Å². The van der Waals surface area contributed by atoms with Gasteiger partial charge >= 0.3 is 6.18 Å². The predicted octanol–water partition coefficient (Wildman–Crippen LogP) is 3.68. The van der Waals surface area contributed by atoms with Crippen molar-refractivity contribution in [1.29, 1.82) is 0 Å². The van der Waals surface area contributed by atoms with Crippen molar-refractivity contribution in [2.75, 3.05) is 10.7 Å². The number of nitrogens with zero attached hydrogens (tertiary/aromatic N) is 4. The molecule has 130 valence electrons. The van der Waals surface area contributed by atoms with Gasteiger partial charge in [-0.05, 0) is 37.5 Å². The molecule has 4 rings (SSSR count). The third-order valence-corrected chi connectivity index (χ3v) is 4.21. The fraction of sp³-hybridized carbons (Fsp3) is 0.312. The summed E-state index contributed by atoms with van der Waals surface area (Å²) in [6, 6.07) is 5.57. The summed E-state index contributed by atoms with van der Waals surface area (Å²) in [4.78, 5) is 12.0. The summed E-state index contributed by atoms with van der Waals surface area (Å²) in [6.07, 6.45) is 2.47. The van der Waals surface area contributed by atoms with Gasteiger partial charge in [-0.2, -0.15) is 18.2 Å². The zero-order chi connectivity index (χ0) is 17.4. The minimum Gasteiger partial charge on any atom is -0.351 e. The zero-order valence-corrected chi connectivity index (χ0v) is 13.1. The summed E-state index contributed by atoms with van der Waals surface area (Å²) in [5, 5.41) is 3.87. The Morgan fingerprint density at radius 2 is 2.00 bits per heavy atom. The third kappa shape index (κ3) is 3.09. The van der Waals surface area contributed by atoms with Gasteiger partial charge in [0.05, 0.1) is 0 Å². The fourth-order valence-corrected chi connectivity index (χ4v) is 2.65. The number of anilines is 2. The topological polar surface area (TPSA) is 67.7 Å². The maximum atomic E-state index is 13.3. The molecule has 0 radical (unpaired) electrons. The smallest absolute Gasteiger partial charge is 0.351 e. The Kier molecular flexibility index (Phi) is 3.70. The SMILES string of the molecule is FC(F)(F)c1cnc(NC2CCC2)nc1Nn1ccc2cccnc21. The first-order chi connectivity index (χ1) is 12.0. The molecule has 0 spiro atoms. The van der Waals surface area contributed by atoms with E-state index in [1.165, 1.54) is 4.68 Å². The highest BCUT2D eigenvalue weighted by atomic mass is 19.4. The van der Waals surface area contributed by atoms with Crippen molar-refractivity contribution < 1.29 is 13.2 Å². The van der Waals surface area contributed by atoms with Crippen LogP contribution in [-0.4, -0.2) is 25.7 Å². The van der Waals surface area contributed by atoms with Gasteiger partial charge < -0.3 is 5.32 Å². The largest absolute Gasteiger partial charge is 0.421 e. The summed E-state index contributed by atoms with van der Waals surface area (Å²) in [7, 11) is 0. The van der Waals surface area contributed by atoms with E-state index in [0.717, 1.165) is 30.8 Å². The maximum Gasteiger partial charge on any atom is 0.421 e. The van der Waals surface area contributed by atoms with Gasteiger partial charge in [-0.3, -0.25) is 5.43 Å². The summed E-state index contributed by atoms with van der Waals surface area (Å²) >= 11 is 0. The lowest BCUT2D eigenvalue weighted by Gasteiger charge is -2.26. The molecule has 0 unspecified atom stereocenters. The molecule has 3 aromatic rings. The first-order valence-electron chi connectivity index (χ1n) is 7.90. The van der Waals surface area contributed by atoms with Crippen molar-refractivity contribution in [2.45, 2.75) is 31.5 Å². The molecular weight excluding hydrogens is 333 g/mol. The molecule has 0 saturated heterocycles. The average molecular weight is 348 g/mol. The van der Waals surface area contributed by atoms with Gasteiger partial charge in [0.1, 0.15) is 5.56 Å². The Morgan fingerprint density at radius 3 is 2.72 bits per heavy atom. The second-order valence-electron chi connectivity index (χ2n) is 5.94. The van der Waals surface area contributed by atoms with Gasteiger partial charge in [0.2, 0.25) is 5.95 Å². The van der Waals surface area contributed by atoms with E-state index in [4.69, 9.17) is 0 Å². The van der Waals surface area contributed by atoms with Crippen molar-refractivity contribution in [3.63, 3.8) is 0 Å². The lowest BCUT2D eigenvalue weighted by molar-refractivity contribution is -0.137. The molecule has 1 fully saturated rings. The highest BCUT2D eigenvalue weighted by molar-refractivity contribution is 5.76. The quantitative estimate of drug-likeness (QED) is 0.753. The van der Waals surface area contributed by atoms with Crippen LogP contribution in [0.3, 0.4) is 0 Å². The van der Waals surface area contributed by atoms with Crippen molar-refractivity contribution in [2.24, 2.45) is 0 Å². The minimum absolute atomic E-state index is 0.185. The molecule has 3 heterocycles. The minimum atomic E-state index is -4.56. The molecule has 6 nitrogen and oxygen atoms in total. The Hall–Kier alpha value is -2.84. The molecule has 0 aliphatic heterocycles. The van der Waals surface area contributed by atoms with Crippen LogP contribution in [-0.2, 0) is 6.18 Å². The monoisotopic (exact) mass is 348 g/mol. The number of alkyl halides is 3. The molecule has 1 aliphatic carbocycles. The second kappa shape index (κ2) is 5.91. The summed E-state index contributed by atoms with van der Waals surface area (Å²) in [5.74, 6) is -0.128. The molecule has 0 bridgehead atoms. The third-order valence-electron chi connectivity index (χ3n) is 4.21. The zero-order valence-electron chi connectivity index (χ0n) is 13.1. The molecule has 2 N–H and O–H groups in total. The van der Waals surface area contributed by atoms with Crippen LogP contribution in [0.25, 0.3) is 11.0 Å². The van der Waals surface area contributed by atoms with E-state index in [2.05, 4.69) is 25.7 Å². The summed E-state index contributed by atoms with van der Waals surface area (Å²) in [6.45, 7) is 0. The molecule has 0 amide bonds. The first kappa shape index (κ1) is 15.7. The maximum absolute atomic E-state index is 13.3. The average Bonchev–Trinajstić information content (AvgIpc) is 2.93. The number of nitrogens with one attached hydrogen (secondary N) is 2. The lowest BCUT2D eigenvalue weighted by Crippen LogP contribution is -2.28. The van der Waals surface area contributed by atoms with Gasteiger partial charge in [0.25, 0.3) is 0 Å². The number of pyridine rings is 1. The number of hydrogen-bond donors (Lipinski definition) is 2. The van der Waals surface area contributed by atoms with E-state index in [1.807, 2.05) is 6.07 Å². The predicted molar refractivity (Wildman–Crippen MR) is 87.0 cm³/mol. The molecule has 3 aromatic heterocycles. The van der Waals surface area contributed by atoms with Crippen molar-refractivity contribution in [1.82, 2.24) is 19.6 Å². The Morgan fingerprint density at radius 1 is 1.16 bits per heavy atom. The van der Waals surface area contributed by atoms with E-state index < -0.39 is 11.7 Å². The normalized spacial score (nSPS) is 15.2. The van der Waals surface area contributed by atoms with Gasteiger partial charge in [-0.15, -0.1) is 0 Å². The van der Waals surface area contributed by atoms with Crippen LogP contribution in [0.15, 0.2) is 36.8 Å². The standard InChI is InChI=1S/C16H15F3N6/c17-16(18,19)12-9-21-15(22-11-4-1-5-11)23-13(12)24-25-8-6-10-3-2-7-20-14(10)25/h2-3,6-9,11H,1,4-5H2,(H2,21,22,23,24). The number of aromatic nitrogens is 4. The molecule has 1 aliphatic rings. The molecule has 25 heavy (non-hydrogen) atoms. The molecule has 0 atom stereocenters. The van der Waals surface area contributed by atoms with Gasteiger partial charge in [-0.1, -0.05) is 0 Å². The van der Waals surface area contributed by atoms with Crippen molar-refractivity contribution in [3.05, 3.63) is 42.4 Å². The van der Waals surface area contributed by atoms with Crippen LogP contribution in [0.5, 0.6) is 0 Å². The van der Waals surface area contributed by atoms with E-state index in [9.17, 15) is 13.2 Å². The number of hydrogen-bond acceptors (Lipinski definition) is 5. The summed E-state index contributed by atoms with van der Waals surface area (Å²) < 4.78 is 41.3. The van der Waals surface area contributed by atoms with Crippen LogP contribution in [0, 0.1) is 0 Å². The number of rotatable bonds is 4. The van der Waals surface area contributed by atoms with Gasteiger partial charge in [0.15, 0.2) is 11.5 Å². The van der Waals surface area contributed by atoms with Crippen LogP contribution >= 0.6 is 0 Å². The lowest BCUT2D eigenvalue weighted by atomic mass is 9.93. The van der Waals surface area contributed by atoms with Crippen LogP contribution in [0.2, 0.25) is 0 Å². The van der Waals surface area contributed by atoms with Crippen LogP contribution in [0.4, 0.5) is 24.9 Å². The van der Waals surface area contributed by atoms with Crippen LogP contribution in [0.1, 0.15) is 24.8 Å². The highest BCUT2D eigenvalue weighted by Crippen LogP contribution is 2.34. The van der Waals surface area contributed by atoms with Crippen molar-refractivity contribution >= 4 is 22.8 Å². The van der Waals surface area contributed by atoms with E-state index in [-0.39, 0.29) is 17.8 Å². The van der Waals surface area contributed by atoms with Crippen molar-refractivity contribution in [3.8, 4) is 0 Å².